The Morgan fingerprint density at radius 3 is 2.26 bits per heavy atom. The molecule has 0 aromatic rings. The Hall–Kier alpha value is -0.480. The smallest absolute Gasteiger partial charge is 0.0580 e. The van der Waals surface area contributed by atoms with Crippen molar-refractivity contribution >= 4 is 0 Å². The van der Waals surface area contributed by atoms with E-state index >= 15 is 0 Å². The molecule has 10 atom stereocenters. The zero-order chi connectivity index (χ0) is 22.4. The Morgan fingerprint density at radius 1 is 0.871 bits per heavy atom. The van der Waals surface area contributed by atoms with Gasteiger partial charge in [0.05, 0.1) is 6.10 Å². The van der Waals surface area contributed by atoms with Crippen LogP contribution in [0.25, 0.3) is 0 Å². The van der Waals surface area contributed by atoms with Crippen LogP contribution < -0.4 is 0 Å². The molecular weight excluding hydrogens is 376 g/mol. The summed E-state index contributed by atoms with van der Waals surface area (Å²) in [6.45, 7) is 12.6. The van der Waals surface area contributed by atoms with Gasteiger partial charge in [0.1, 0.15) is 0 Å². The fourth-order valence-corrected chi connectivity index (χ4v) is 9.94. The summed E-state index contributed by atoms with van der Waals surface area (Å²) in [4.78, 5) is 0. The Labute approximate surface area is 193 Å². The van der Waals surface area contributed by atoms with E-state index < -0.39 is 0 Å². The fourth-order valence-electron chi connectivity index (χ4n) is 9.94. The lowest BCUT2D eigenvalue weighted by atomic mass is 9.43. The summed E-state index contributed by atoms with van der Waals surface area (Å²) in [6.07, 6.45) is 21.3. The lowest BCUT2D eigenvalue weighted by Gasteiger charge is -2.62. The number of fused-ring (bicyclic) bond motifs is 5. The molecule has 4 saturated carbocycles. The molecule has 1 N–H and O–H groups in total. The SMILES string of the molecule is C#CC[C@H]1C2CC[C@H]3[C@@H]4CC[C@H]([C@H](C)CCCC(C)C)[C@@]4(C)CC[C@@H]3[C@@]2(C)CC[C@H]1O. The van der Waals surface area contributed by atoms with Crippen LogP contribution in [0, 0.1) is 70.5 Å². The second-order valence-electron chi connectivity index (χ2n) is 13.3. The van der Waals surface area contributed by atoms with Gasteiger partial charge in [-0.1, -0.05) is 53.9 Å². The van der Waals surface area contributed by atoms with Crippen molar-refractivity contribution in [1.82, 2.24) is 0 Å². The quantitative estimate of drug-likeness (QED) is 0.431. The molecule has 1 heteroatoms. The van der Waals surface area contributed by atoms with Crippen LogP contribution in [-0.4, -0.2) is 11.2 Å². The summed E-state index contributed by atoms with van der Waals surface area (Å²) in [7, 11) is 0. The van der Waals surface area contributed by atoms with Gasteiger partial charge in [0.2, 0.25) is 0 Å². The lowest BCUT2D eigenvalue weighted by Crippen LogP contribution is -2.56. The second-order valence-corrected chi connectivity index (χ2v) is 13.3. The minimum absolute atomic E-state index is 0.165. The fraction of sp³-hybridized carbons (Fsp3) is 0.933. The Balaban J connectivity index is 1.49. The first-order chi connectivity index (χ1) is 14.7. The number of rotatable bonds is 6. The summed E-state index contributed by atoms with van der Waals surface area (Å²) < 4.78 is 0. The molecule has 0 aliphatic heterocycles. The van der Waals surface area contributed by atoms with Crippen LogP contribution in [0.4, 0.5) is 0 Å². The third-order valence-corrected chi connectivity index (χ3v) is 11.5. The second kappa shape index (κ2) is 9.05. The van der Waals surface area contributed by atoms with Crippen molar-refractivity contribution in [1.29, 1.82) is 0 Å². The van der Waals surface area contributed by atoms with Crippen LogP contribution >= 0.6 is 0 Å². The van der Waals surface area contributed by atoms with Crippen molar-refractivity contribution in [3.05, 3.63) is 0 Å². The highest BCUT2D eigenvalue weighted by molar-refractivity contribution is 5.11. The topological polar surface area (TPSA) is 20.2 Å². The first-order valence-corrected chi connectivity index (χ1v) is 13.8. The van der Waals surface area contributed by atoms with Crippen LogP contribution in [0.3, 0.4) is 0 Å². The number of hydrogen-bond donors (Lipinski definition) is 1. The third kappa shape index (κ3) is 4.03. The standard InChI is InChI=1S/C30H50O/c1-7-9-23-26-13-12-22-25-15-14-24(21(4)11-8-10-20(2)3)29(25,5)18-16-27(22)30(26,6)19-17-28(23)31/h1,20-28,31H,8-19H2,2-6H3/t21-,22+,23+,24-,25+,26?,27+,28-,29-,30+/m1/s1. The van der Waals surface area contributed by atoms with E-state index in [1.807, 2.05) is 0 Å². The maximum atomic E-state index is 10.7. The first kappa shape index (κ1) is 23.7. The van der Waals surface area contributed by atoms with Crippen LogP contribution in [0.1, 0.15) is 112 Å². The Bertz CT molecular complexity index is 660. The molecule has 0 saturated heterocycles. The first-order valence-electron chi connectivity index (χ1n) is 13.8. The molecule has 0 radical (unpaired) electrons. The molecule has 31 heavy (non-hydrogen) atoms. The predicted molar refractivity (Wildman–Crippen MR) is 131 cm³/mol. The molecule has 4 aliphatic carbocycles. The van der Waals surface area contributed by atoms with E-state index in [1.54, 1.807) is 0 Å². The van der Waals surface area contributed by atoms with E-state index in [9.17, 15) is 5.11 Å². The van der Waals surface area contributed by atoms with Gasteiger partial charge in [0.25, 0.3) is 0 Å². The van der Waals surface area contributed by atoms with E-state index in [0.717, 1.165) is 48.3 Å². The lowest BCUT2D eigenvalue weighted by molar-refractivity contribution is -0.151. The van der Waals surface area contributed by atoms with Crippen molar-refractivity contribution in [2.75, 3.05) is 0 Å². The van der Waals surface area contributed by atoms with Crippen LogP contribution in [0.2, 0.25) is 0 Å². The molecule has 0 aromatic carbocycles. The number of hydrogen-bond acceptors (Lipinski definition) is 1. The maximum Gasteiger partial charge on any atom is 0.0580 e. The zero-order valence-corrected chi connectivity index (χ0v) is 21.2. The summed E-state index contributed by atoms with van der Waals surface area (Å²) >= 11 is 0. The van der Waals surface area contributed by atoms with E-state index in [2.05, 4.69) is 40.5 Å². The molecule has 0 heterocycles. The van der Waals surface area contributed by atoms with Gasteiger partial charge in [-0.2, -0.15) is 0 Å². The van der Waals surface area contributed by atoms with Gasteiger partial charge >= 0.3 is 0 Å². The number of terminal acetylenes is 1. The highest BCUT2D eigenvalue weighted by Crippen LogP contribution is 2.69. The molecule has 4 aliphatic rings. The summed E-state index contributed by atoms with van der Waals surface area (Å²) in [6, 6.07) is 0. The normalized spacial score (nSPS) is 47.9. The van der Waals surface area contributed by atoms with Gasteiger partial charge in [-0.05, 0) is 110 Å². The highest BCUT2D eigenvalue weighted by atomic mass is 16.3. The molecule has 176 valence electrons. The van der Waals surface area contributed by atoms with Crippen LogP contribution in [-0.2, 0) is 0 Å². The average molecular weight is 427 g/mol. The molecule has 0 spiro atoms. The number of aliphatic hydroxyl groups is 1. The van der Waals surface area contributed by atoms with E-state index in [-0.39, 0.29) is 6.10 Å². The van der Waals surface area contributed by atoms with Crippen molar-refractivity contribution < 1.29 is 5.11 Å². The largest absolute Gasteiger partial charge is 0.393 e. The minimum Gasteiger partial charge on any atom is -0.393 e. The molecule has 0 amide bonds. The van der Waals surface area contributed by atoms with Gasteiger partial charge in [-0.3, -0.25) is 0 Å². The summed E-state index contributed by atoms with van der Waals surface area (Å²) in [5.41, 5.74) is 0.986. The Kier molecular flexibility index (Phi) is 6.91. The monoisotopic (exact) mass is 426 g/mol. The molecule has 0 bridgehead atoms. The van der Waals surface area contributed by atoms with Crippen LogP contribution in [0.15, 0.2) is 0 Å². The Morgan fingerprint density at radius 2 is 1.55 bits per heavy atom. The third-order valence-electron chi connectivity index (χ3n) is 11.5. The minimum atomic E-state index is -0.165. The highest BCUT2D eigenvalue weighted by Gasteiger charge is 2.61. The van der Waals surface area contributed by atoms with Crippen LogP contribution in [0.5, 0.6) is 0 Å². The van der Waals surface area contributed by atoms with Crippen molar-refractivity contribution in [2.24, 2.45) is 58.2 Å². The molecule has 0 aromatic heterocycles. The average Bonchev–Trinajstić information content (AvgIpc) is 3.07. The van der Waals surface area contributed by atoms with Gasteiger partial charge in [0.15, 0.2) is 0 Å². The van der Waals surface area contributed by atoms with E-state index in [4.69, 9.17) is 6.42 Å². The van der Waals surface area contributed by atoms with Crippen molar-refractivity contribution in [2.45, 2.75) is 118 Å². The molecule has 1 nitrogen and oxygen atoms in total. The molecular formula is C30H50O. The van der Waals surface area contributed by atoms with E-state index in [0.29, 0.717) is 22.7 Å². The van der Waals surface area contributed by atoms with Gasteiger partial charge in [-0.25, -0.2) is 0 Å². The summed E-state index contributed by atoms with van der Waals surface area (Å²) in [5, 5.41) is 10.7. The van der Waals surface area contributed by atoms with Gasteiger partial charge in [-0.15, -0.1) is 12.3 Å². The molecule has 4 rings (SSSR count). The number of aliphatic hydroxyl groups excluding tert-OH is 1. The van der Waals surface area contributed by atoms with Gasteiger partial charge < -0.3 is 5.11 Å². The van der Waals surface area contributed by atoms with Crippen molar-refractivity contribution in [3.63, 3.8) is 0 Å². The molecule has 4 fully saturated rings. The van der Waals surface area contributed by atoms with Gasteiger partial charge in [0, 0.05) is 6.42 Å². The predicted octanol–water partition coefficient (Wildman–Crippen LogP) is 7.72. The van der Waals surface area contributed by atoms with E-state index in [1.165, 1.54) is 64.2 Å². The molecule has 1 unspecified atom stereocenters. The maximum absolute atomic E-state index is 10.7. The van der Waals surface area contributed by atoms with Crippen molar-refractivity contribution in [3.8, 4) is 12.3 Å². The summed E-state index contributed by atoms with van der Waals surface area (Å²) in [5.74, 6) is 9.32. The zero-order valence-electron chi connectivity index (χ0n) is 21.2.